The third-order valence-electron chi connectivity index (χ3n) is 4.11. The SMILES string of the molecule is CNC1CCC(C)(C)CC1CN(C)CCSC. The third kappa shape index (κ3) is 5.19. The van der Waals surface area contributed by atoms with E-state index in [0.717, 1.165) is 12.0 Å². The van der Waals surface area contributed by atoms with Crippen LogP contribution in [0, 0.1) is 11.3 Å². The van der Waals surface area contributed by atoms with Crippen LogP contribution in [-0.4, -0.2) is 50.1 Å². The molecular weight excluding hydrogens is 228 g/mol. The highest BCUT2D eigenvalue weighted by Gasteiger charge is 2.34. The molecule has 1 aliphatic carbocycles. The summed E-state index contributed by atoms with van der Waals surface area (Å²) < 4.78 is 0. The fourth-order valence-corrected chi connectivity index (χ4v) is 3.54. The Hall–Kier alpha value is 0.270. The van der Waals surface area contributed by atoms with Gasteiger partial charge in [-0.05, 0) is 50.9 Å². The van der Waals surface area contributed by atoms with Gasteiger partial charge in [-0.15, -0.1) is 0 Å². The van der Waals surface area contributed by atoms with Crippen molar-refractivity contribution in [3.63, 3.8) is 0 Å². The Morgan fingerprint density at radius 1 is 1.41 bits per heavy atom. The van der Waals surface area contributed by atoms with Gasteiger partial charge < -0.3 is 10.2 Å². The van der Waals surface area contributed by atoms with E-state index in [-0.39, 0.29) is 0 Å². The zero-order chi connectivity index (χ0) is 12.9. The third-order valence-corrected chi connectivity index (χ3v) is 4.70. The van der Waals surface area contributed by atoms with Crippen LogP contribution in [0.15, 0.2) is 0 Å². The Labute approximate surface area is 112 Å². The van der Waals surface area contributed by atoms with Crippen molar-refractivity contribution in [2.75, 3.05) is 39.2 Å². The van der Waals surface area contributed by atoms with Crippen molar-refractivity contribution in [3.8, 4) is 0 Å². The van der Waals surface area contributed by atoms with Crippen LogP contribution in [0.5, 0.6) is 0 Å². The molecule has 0 spiro atoms. The number of hydrogen-bond acceptors (Lipinski definition) is 3. The minimum Gasteiger partial charge on any atom is -0.317 e. The van der Waals surface area contributed by atoms with Crippen molar-refractivity contribution in [2.45, 2.75) is 39.2 Å². The van der Waals surface area contributed by atoms with Crippen LogP contribution < -0.4 is 5.32 Å². The first-order chi connectivity index (χ1) is 7.98. The summed E-state index contributed by atoms with van der Waals surface area (Å²) in [5, 5.41) is 3.52. The standard InChI is InChI=1S/C14H30N2S/c1-14(2)7-6-13(15-3)12(10-14)11-16(4)8-9-17-5/h12-13,15H,6-11H2,1-5H3. The van der Waals surface area contributed by atoms with Crippen molar-refractivity contribution in [3.05, 3.63) is 0 Å². The van der Waals surface area contributed by atoms with E-state index in [2.05, 4.69) is 44.4 Å². The lowest BCUT2D eigenvalue weighted by molar-refractivity contribution is 0.114. The molecule has 0 saturated heterocycles. The van der Waals surface area contributed by atoms with E-state index in [1.807, 2.05) is 11.8 Å². The van der Waals surface area contributed by atoms with Crippen LogP contribution in [0.1, 0.15) is 33.1 Å². The molecule has 0 amide bonds. The average molecular weight is 258 g/mol. The second-order valence-corrected chi connectivity index (χ2v) is 7.30. The molecule has 0 bridgehead atoms. The molecule has 2 atom stereocenters. The smallest absolute Gasteiger partial charge is 0.0105 e. The van der Waals surface area contributed by atoms with E-state index < -0.39 is 0 Å². The predicted octanol–water partition coefficient (Wildman–Crippen LogP) is 2.70. The molecule has 2 nitrogen and oxygen atoms in total. The Bertz CT molecular complexity index is 218. The Balaban J connectivity index is 2.46. The minimum atomic E-state index is 0.540. The number of nitrogens with one attached hydrogen (secondary N) is 1. The average Bonchev–Trinajstić information content (AvgIpc) is 2.25. The van der Waals surface area contributed by atoms with E-state index in [1.54, 1.807) is 0 Å². The fraction of sp³-hybridized carbons (Fsp3) is 1.00. The number of nitrogens with zero attached hydrogens (tertiary/aromatic N) is 1. The lowest BCUT2D eigenvalue weighted by Gasteiger charge is -2.42. The molecule has 2 unspecified atom stereocenters. The fourth-order valence-electron chi connectivity index (χ4n) is 3.05. The maximum atomic E-state index is 3.52. The predicted molar refractivity (Wildman–Crippen MR) is 79.8 cm³/mol. The molecule has 0 radical (unpaired) electrons. The molecular formula is C14H30N2S. The van der Waals surface area contributed by atoms with Gasteiger partial charge in [-0.1, -0.05) is 13.8 Å². The first kappa shape index (κ1) is 15.3. The van der Waals surface area contributed by atoms with Gasteiger partial charge in [0.05, 0.1) is 0 Å². The lowest BCUT2D eigenvalue weighted by Crippen LogP contribution is -2.46. The summed E-state index contributed by atoms with van der Waals surface area (Å²) in [6, 6.07) is 0.722. The zero-order valence-electron chi connectivity index (χ0n) is 12.3. The van der Waals surface area contributed by atoms with Gasteiger partial charge >= 0.3 is 0 Å². The normalized spacial score (nSPS) is 28.6. The van der Waals surface area contributed by atoms with E-state index in [0.29, 0.717) is 5.41 Å². The van der Waals surface area contributed by atoms with Gasteiger partial charge in [-0.25, -0.2) is 0 Å². The molecule has 0 aromatic rings. The van der Waals surface area contributed by atoms with Crippen LogP contribution in [0.25, 0.3) is 0 Å². The molecule has 1 aliphatic rings. The Morgan fingerprint density at radius 2 is 2.12 bits per heavy atom. The number of hydrogen-bond donors (Lipinski definition) is 1. The topological polar surface area (TPSA) is 15.3 Å². The summed E-state index contributed by atoms with van der Waals surface area (Å²) >= 11 is 1.94. The molecule has 1 rings (SSSR count). The van der Waals surface area contributed by atoms with Gasteiger partial charge in [0.15, 0.2) is 0 Å². The molecule has 0 aromatic carbocycles. The molecule has 0 aromatic heterocycles. The first-order valence-electron chi connectivity index (χ1n) is 6.83. The molecule has 0 heterocycles. The van der Waals surface area contributed by atoms with Crippen LogP contribution in [0.4, 0.5) is 0 Å². The minimum absolute atomic E-state index is 0.540. The highest BCUT2D eigenvalue weighted by Crippen LogP contribution is 2.38. The monoisotopic (exact) mass is 258 g/mol. The van der Waals surface area contributed by atoms with E-state index in [9.17, 15) is 0 Å². The number of thioether (sulfide) groups is 1. The van der Waals surface area contributed by atoms with Gasteiger partial charge in [-0.3, -0.25) is 0 Å². The maximum Gasteiger partial charge on any atom is 0.0105 e. The van der Waals surface area contributed by atoms with Gasteiger partial charge in [0, 0.05) is 24.9 Å². The molecule has 0 aliphatic heterocycles. The lowest BCUT2D eigenvalue weighted by atomic mass is 9.70. The summed E-state index contributed by atoms with van der Waals surface area (Å²) in [6.45, 7) is 7.31. The van der Waals surface area contributed by atoms with Crippen LogP contribution in [0.2, 0.25) is 0 Å². The van der Waals surface area contributed by atoms with Crippen LogP contribution >= 0.6 is 11.8 Å². The van der Waals surface area contributed by atoms with Crippen molar-refractivity contribution < 1.29 is 0 Å². The zero-order valence-corrected chi connectivity index (χ0v) is 13.1. The summed E-state index contributed by atoms with van der Waals surface area (Å²) in [7, 11) is 4.39. The van der Waals surface area contributed by atoms with E-state index in [4.69, 9.17) is 0 Å². The highest BCUT2D eigenvalue weighted by molar-refractivity contribution is 7.98. The van der Waals surface area contributed by atoms with Crippen molar-refractivity contribution in [1.82, 2.24) is 10.2 Å². The van der Waals surface area contributed by atoms with Gasteiger partial charge in [0.1, 0.15) is 0 Å². The van der Waals surface area contributed by atoms with Crippen LogP contribution in [0.3, 0.4) is 0 Å². The molecule has 1 fully saturated rings. The number of rotatable bonds is 6. The highest BCUT2D eigenvalue weighted by atomic mass is 32.2. The largest absolute Gasteiger partial charge is 0.317 e. The Morgan fingerprint density at radius 3 is 2.71 bits per heavy atom. The quantitative estimate of drug-likeness (QED) is 0.788. The second-order valence-electron chi connectivity index (χ2n) is 6.32. The van der Waals surface area contributed by atoms with Gasteiger partial charge in [0.2, 0.25) is 0 Å². The summed E-state index contributed by atoms with van der Waals surface area (Å²) in [5.41, 5.74) is 0.540. The second kappa shape index (κ2) is 7.01. The first-order valence-corrected chi connectivity index (χ1v) is 8.22. The molecule has 1 N–H and O–H groups in total. The summed E-state index contributed by atoms with van der Waals surface area (Å²) in [5.74, 6) is 2.06. The van der Waals surface area contributed by atoms with Gasteiger partial charge in [-0.2, -0.15) is 11.8 Å². The van der Waals surface area contributed by atoms with E-state index in [1.165, 1.54) is 38.1 Å². The van der Waals surface area contributed by atoms with Crippen LogP contribution in [-0.2, 0) is 0 Å². The molecule has 1 saturated carbocycles. The summed E-state index contributed by atoms with van der Waals surface area (Å²) in [6.07, 6.45) is 6.25. The van der Waals surface area contributed by atoms with E-state index >= 15 is 0 Å². The van der Waals surface area contributed by atoms with Crippen molar-refractivity contribution in [1.29, 1.82) is 0 Å². The van der Waals surface area contributed by atoms with Gasteiger partial charge in [0.25, 0.3) is 0 Å². The summed E-state index contributed by atoms with van der Waals surface area (Å²) in [4.78, 5) is 2.51. The van der Waals surface area contributed by atoms with Crippen molar-refractivity contribution >= 4 is 11.8 Å². The van der Waals surface area contributed by atoms with Crippen molar-refractivity contribution in [2.24, 2.45) is 11.3 Å². The maximum absolute atomic E-state index is 3.52. The Kier molecular flexibility index (Phi) is 6.32. The molecule has 17 heavy (non-hydrogen) atoms. The molecule has 102 valence electrons. The molecule has 3 heteroatoms.